The van der Waals surface area contributed by atoms with E-state index >= 15 is 0 Å². The number of carbonyl (C=O) groups excluding carboxylic acids is 1. The van der Waals surface area contributed by atoms with Crippen molar-refractivity contribution < 1.29 is 39.4 Å². The Morgan fingerprint density at radius 1 is 1.24 bits per heavy atom. The number of hydrogen-bond donors (Lipinski definition) is 4. The first-order valence-corrected chi connectivity index (χ1v) is 5.00. The number of carbonyl (C=O) groups is 1. The van der Waals surface area contributed by atoms with Crippen LogP contribution in [-0.2, 0) is 19.0 Å². The molecule has 0 radical (unpaired) electrons. The van der Waals surface area contributed by atoms with Gasteiger partial charge in [-0.25, -0.2) is 4.79 Å². The molecule has 8 nitrogen and oxygen atoms in total. The average molecular weight is 252 g/mol. The van der Waals surface area contributed by atoms with E-state index in [4.69, 9.17) is 14.6 Å². The summed E-state index contributed by atoms with van der Waals surface area (Å²) in [7, 11) is 1.17. The zero-order valence-corrected chi connectivity index (χ0v) is 9.22. The standard InChI is InChI=1S/C9H16O8/c1-15-5(11)3-16-9-8(14)7(13)6(12)4(2-10)17-9/h4,6-10,12-14H,2-3H2,1H3/t4-,6-,7+,8-,9+/m1/s1. The molecule has 100 valence electrons. The Labute approximate surface area is 97.3 Å². The molecular formula is C9H16O8. The number of aliphatic hydroxyl groups is 4. The van der Waals surface area contributed by atoms with E-state index in [-0.39, 0.29) is 0 Å². The van der Waals surface area contributed by atoms with Crippen molar-refractivity contribution in [1.82, 2.24) is 0 Å². The van der Waals surface area contributed by atoms with Crippen LogP contribution in [0.1, 0.15) is 0 Å². The second-order valence-electron chi connectivity index (χ2n) is 3.58. The predicted octanol–water partition coefficient (Wildman–Crippen LogP) is -3.02. The van der Waals surface area contributed by atoms with Gasteiger partial charge in [0.1, 0.15) is 31.0 Å². The van der Waals surface area contributed by atoms with Gasteiger partial charge in [0.25, 0.3) is 0 Å². The Bertz CT molecular complexity index is 255. The molecule has 0 unspecified atom stereocenters. The van der Waals surface area contributed by atoms with Crippen molar-refractivity contribution >= 4 is 5.97 Å². The lowest BCUT2D eigenvalue weighted by atomic mass is 9.99. The summed E-state index contributed by atoms with van der Waals surface area (Å²) in [5.41, 5.74) is 0. The summed E-state index contributed by atoms with van der Waals surface area (Å²) in [5, 5.41) is 37.3. The van der Waals surface area contributed by atoms with Gasteiger partial charge in [0.2, 0.25) is 0 Å². The van der Waals surface area contributed by atoms with Crippen LogP contribution in [0.5, 0.6) is 0 Å². The fourth-order valence-corrected chi connectivity index (χ4v) is 1.41. The third-order valence-electron chi connectivity index (χ3n) is 2.44. The summed E-state index contributed by atoms with van der Waals surface area (Å²) in [6, 6.07) is 0. The van der Waals surface area contributed by atoms with Gasteiger partial charge in [0, 0.05) is 0 Å². The van der Waals surface area contributed by atoms with E-state index in [2.05, 4.69) is 4.74 Å². The molecule has 17 heavy (non-hydrogen) atoms. The summed E-state index contributed by atoms with van der Waals surface area (Å²) in [4.78, 5) is 10.8. The molecule has 1 fully saturated rings. The molecule has 0 aliphatic carbocycles. The van der Waals surface area contributed by atoms with Gasteiger partial charge in [0.05, 0.1) is 13.7 Å². The van der Waals surface area contributed by atoms with Gasteiger partial charge >= 0.3 is 5.97 Å². The number of hydrogen-bond acceptors (Lipinski definition) is 8. The van der Waals surface area contributed by atoms with Crippen LogP contribution < -0.4 is 0 Å². The van der Waals surface area contributed by atoms with Crippen LogP contribution in [0.2, 0.25) is 0 Å². The molecule has 0 aromatic heterocycles. The van der Waals surface area contributed by atoms with Gasteiger partial charge in [-0.15, -0.1) is 0 Å². The van der Waals surface area contributed by atoms with Crippen molar-refractivity contribution in [2.75, 3.05) is 20.3 Å². The van der Waals surface area contributed by atoms with Gasteiger partial charge < -0.3 is 34.6 Å². The Kier molecular flexibility index (Phi) is 5.25. The summed E-state index contributed by atoms with van der Waals surface area (Å²) in [6.45, 7) is -1.03. The van der Waals surface area contributed by atoms with Crippen molar-refractivity contribution in [2.24, 2.45) is 0 Å². The Hall–Kier alpha value is -0.770. The highest BCUT2D eigenvalue weighted by atomic mass is 16.7. The van der Waals surface area contributed by atoms with E-state index in [0.29, 0.717) is 0 Å². The third-order valence-corrected chi connectivity index (χ3v) is 2.44. The molecule has 0 aromatic carbocycles. The molecule has 1 heterocycles. The topological polar surface area (TPSA) is 126 Å². The normalized spacial score (nSPS) is 37.8. The summed E-state index contributed by atoms with van der Waals surface area (Å²) in [6.07, 6.45) is -6.87. The smallest absolute Gasteiger partial charge is 0.331 e. The molecule has 0 saturated carbocycles. The maximum absolute atomic E-state index is 10.8. The van der Waals surface area contributed by atoms with Gasteiger partial charge in [-0.1, -0.05) is 0 Å². The number of esters is 1. The molecule has 1 aliphatic rings. The molecule has 1 rings (SSSR count). The van der Waals surface area contributed by atoms with E-state index in [1.165, 1.54) is 7.11 Å². The lowest BCUT2D eigenvalue weighted by Crippen LogP contribution is -2.59. The fraction of sp³-hybridized carbons (Fsp3) is 0.889. The van der Waals surface area contributed by atoms with Gasteiger partial charge in [-0.2, -0.15) is 0 Å². The molecule has 0 spiro atoms. The monoisotopic (exact) mass is 252 g/mol. The summed E-state index contributed by atoms with van der Waals surface area (Å²) in [5.74, 6) is -0.679. The number of ether oxygens (including phenoxy) is 3. The Balaban J connectivity index is 2.56. The molecule has 1 aliphatic heterocycles. The van der Waals surface area contributed by atoms with Crippen LogP contribution in [-0.4, -0.2) is 77.4 Å². The minimum atomic E-state index is -1.52. The highest BCUT2D eigenvalue weighted by Gasteiger charge is 2.44. The van der Waals surface area contributed by atoms with Crippen molar-refractivity contribution in [3.05, 3.63) is 0 Å². The van der Waals surface area contributed by atoms with Crippen LogP contribution in [0, 0.1) is 0 Å². The van der Waals surface area contributed by atoms with E-state index in [0.717, 1.165) is 0 Å². The highest BCUT2D eigenvalue weighted by molar-refractivity contribution is 5.70. The first-order chi connectivity index (χ1) is 8.01. The third kappa shape index (κ3) is 3.35. The van der Waals surface area contributed by atoms with E-state index < -0.39 is 49.9 Å². The lowest BCUT2D eigenvalue weighted by molar-refractivity contribution is -0.300. The van der Waals surface area contributed by atoms with Crippen molar-refractivity contribution in [3.63, 3.8) is 0 Å². The maximum Gasteiger partial charge on any atom is 0.331 e. The second kappa shape index (κ2) is 6.24. The van der Waals surface area contributed by atoms with Crippen LogP contribution in [0.4, 0.5) is 0 Å². The van der Waals surface area contributed by atoms with Crippen molar-refractivity contribution in [2.45, 2.75) is 30.7 Å². The summed E-state index contributed by atoms with van der Waals surface area (Å²) < 4.78 is 14.2. The molecule has 1 saturated heterocycles. The van der Waals surface area contributed by atoms with E-state index in [9.17, 15) is 20.1 Å². The molecule has 0 bridgehead atoms. The van der Waals surface area contributed by atoms with Crippen LogP contribution in [0.25, 0.3) is 0 Å². The highest BCUT2D eigenvalue weighted by Crippen LogP contribution is 2.21. The molecule has 4 N–H and O–H groups in total. The molecule has 0 amide bonds. The SMILES string of the molecule is COC(=O)CO[C@H]1O[C@H](CO)[C@@H](O)[C@H](O)[C@H]1O. The van der Waals surface area contributed by atoms with Crippen LogP contribution in [0.15, 0.2) is 0 Å². The maximum atomic E-state index is 10.8. The minimum absolute atomic E-state index is 0.473. The quantitative estimate of drug-likeness (QED) is 0.389. The lowest BCUT2D eigenvalue weighted by Gasteiger charge is -2.39. The van der Waals surface area contributed by atoms with Gasteiger partial charge in [0.15, 0.2) is 6.29 Å². The first kappa shape index (κ1) is 14.3. The van der Waals surface area contributed by atoms with Crippen LogP contribution >= 0.6 is 0 Å². The molecule has 0 aromatic rings. The Morgan fingerprint density at radius 3 is 2.41 bits per heavy atom. The zero-order chi connectivity index (χ0) is 13.0. The van der Waals surface area contributed by atoms with E-state index in [1.807, 2.05) is 0 Å². The zero-order valence-electron chi connectivity index (χ0n) is 9.22. The molecule has 8 heteroatoms. The number of methoxy groups -OCH3 is 1. The van der Waals surface area contributed by atoms with Gasteiger partial charge in [-0.05, 0) is 0 Å². The average Bonchev–Trinajstić information content (AvgIpc) is 2.34. The molecular weight excluding hydrogens is 236 g/mol. The first-order valence-electron chi connectivity index (χ1n) is 5.00. The van der Waals surface area contributed by atoms with Crippen molar-refractivity contribution in [3.8, 4) is 0 Å². The molecule has 5 atom stereocenters. The predicted molar refractivity (Wildman–Crippen MR) is 51.7 cm³/mol. The fourth-order valence-electron chi connectivity index (χ4n) is 1.41. The largest absolute Gasteiger partial charge is 0.467 e. The van der Waals surface area contributed by atoms with E-state index in [1.54, 1.807) is 0 Å². The van der Waals surface area contributed by atoms with Crippen LogP contribution in [0.3, 0.4) is 0 Å². The second-order valence-corrected chi connectivity index (χ2v) is 3.58. The minimum Gasteiger partial charge on any atom is -0.467 e. The Morgan fingerprint density at radius 2 is 1.88 bits per heavy atom. The summed E-state index contributed by atoms with van der Waals surface area (Å²) >= 11 is 0. The van der Waals surface area contributed by atoms with Gasteiger partial charge in [-0.3, -0.25) is 0 Å². The number of aliphatic hydroxyl groups excluding tert-OH is 4. The number of rotatable bonds is 4. The van der Waals surface area contributed by atoms with Crippen molar-refractivity contribution in [1.29, 1.82) is 0 Å².